The Morgan fingerprint density at radius 2 is 1.22 bits per heavy atom. The molecule has 3 aliphatic carbocycles. The maximum Gasteiger partial charge on any atom is 0.408 e. The highest BCUT2D eigenvalue weighted by Crippen LogP contribution is 2.64. The number of alkyl carbamates (subject to hydrolysis) is 1. The molecule has 0 aromatic heterocycles. The van der Waals surface area contributed by atoms with Gasteiger partial charge in [0.25, 0.3) is 5.91 Å². The van der Waals surface area contributed by atoms with E-state index in [2.05, 4.69) is 10.6 Å². The number of nitrogens with one attached hydrogen (secondary N) is 2. The molecule has 0 radical (unpaired) electrons. The average Bonchev–Trinajstić information content (AvgIpc) is 1.66. The van der Waals surface area contributed by atoms with Gasteiger partial charge in [0.2, 0.25) is 0 Å². The molecule has 2 bridgehead atoms. The minimum atomic E-state index is -2.55. The van der Waals surface area contributed by atoms with Gasteiger partial charge in [-0.1, -0.05) is 111 Å². The maximum absolute atomic E-state index is 16.0. The zero-order valence-corrected chi connectivity index (χ0v) is 44.5. The summed E-state index contributed by atoms with van der Waals surface area (Å²) >= 11 is 0. The van der Waals surface area contributed by atoms with Crippen LogP contribution in [0.4, 0.5) is 4.79 Å². The van der Waals surface area contributed by atoms with Gasteiger partial charge in [0.1, 0.15) is 41.7 Å². The lowest BCUT2D eigenvalue weighted by Gasteiger charge is -2.67. The fraction of sp³-hybridized carbons (Fsp3) is 0.441. The molecule has 3 unspecified atom stereocenters. The summed E-state index contributed by atoms with van der Waals surface area (Å²) in [4.78, 5) is 100. The van der Waals surface area contributed by atoms with Crippen LogP contribution in [-0.2, 0) is 47.6 Å². The molecule has 6 N–H and O–H groups in total. The Morgan fingerprint density at radius 1 is 0.718 bits per heavy atom. The van der Waals surface area contributed by atoms with E-state index in [4.69, 9.17) is 28.4 Å². The largest absolute Gasteiger partial charge is 0.459 e. The lowest BCUT2D eigenvalue weighted by atomic mass is 9.44. The number of hydrogen-bond donors (Lipinski definition) is 6. The zero-order chi connectivity index (χ0) is 56.7. The summed E-state index contributed by atoms with van der Waals surface area (Å²) in [6.07, 6.45) is -15.2. The highest BCUT2D eigenvalue weighted by molar-refractivity contribution is 5.96. The van der Waals surface area contributed by atoms with Crippen LogP contribution < -0.4 is 10.6 Å². The predicted octanol–water partition coefficient (Wildman–Crippen LogP) is 5.34. The van der Waals surface area contributed by atoms with Crippen LogP contribution in [0, 0.1) is 16.7 Å². The van der Waals surface area contributed by atoms with Crippen LogP contribution in [0.25, 0.3) is 0 Å². The molecule has 0 spiro atoms. The zero-order valence-electron chi connectivity index (χ0n) is 44.5. The molecule has 19 nitrogen and oxygen atoms in total. The monoisotopic (exact) mass is 1070 g/mol. The molecule has 1 saturated heterocycles. The first-order chi connectivity index (χ1) is 36.7. The van der Waals surface area contributed by atoms with Gasteiger partial charge in [-0.25, -0.2) is 19.2 Å². The van der Waals surface area contributed by atoms with Gasteiger partial charge in [-0.15, -0.1) is 0 Å². The molecular weight excluding hydrogens is 1010 g/mol. The summed E-state index contributed by atoms with van der Waals surface area (Å²) in [5.74, 6) is -8.03. The molecule has 13 atom stereocenters. The summed E-state index contributed by atoms with van der Waals surface area (Å²) in [5.41, 5.74) is -8.96. The molecule has 78 heavy (non-hydrogen) atoms. The molecular formula is C59H66N2O17. The number of carbonyl (C=O) groups is 7. The van der Waals surface area contributed by atoms with Gasteiger partial charge >= 0.3 is 30.0 Å². The Morgan fingerprint density at radius 3 is 1.72 bits per heavy atom. The number of amides is 2. The maximum atomic E-state index is 16.0. The van der Waals surface area contributed by atoms with Crippen molar-refractivity contribution in [2.75, 3.05) is 6.61 Å². The molecule has 2 saturated carbocycles. The van der Waals surface area contributed by atoms with E-state index in [9.17, 15) is 49.2 Å². The molecule has 8 rings (SSSR count). The second-order valence-electron chi connectivity index (χ2n) is 22.2. The van der Waals surface area contributed by atoms with Gasteiger partial charge in [-0.05, 0) is 81.2 Å². The number of hydrogen-bond acceptors (Lipinski definition) is 17. The van der Waals surface area contributed by atoms with Gasteiger partial charge in [-0.2, -0.15) is 0 Å². The molecule has 1 heterocycles. The summed E-state index contributed by atoms with van der Waals surface area (Å²) in [6, 6.07) is 29.0. The van der Waals surface area contributed by atoms with E-state index in [1.165, 1.54) is 39.8 Å². The number of ketones is 1. The lowest BCUT2D eigenvalue weighted by molar-refractivity contribution is -0.346. The topological polar surface area (TPSA) is 280 Å². The highest BCUT2D eigenvalue weighted by Gasteiger charge is 2.79. The van der Waals surface area contributed by atoms with E-state index in [-0.39, 0.29) is 27.8 Å². The number of esters is 4. The molecule has 4 aromatic rings. The molecule has 2 amide bonds. The minimum Gasteiger partial charge on any atom is -0.459 e. The first-order valence-corrected chi connectivity index (χ1v) is 25.7. The van der Waals surface area contributed by atoms with Crippen molar-refractivity contribution in [3.8, 4) is 0 Å². The highest BCUT2D eigenvalue weighted by atomic mass is 16.6. The van der Waals surface area contributed by atoms with Crippen molar-refractivity contribution in [1.29, 1.82) is 0 Å². The molecule has 414 valence electrons. The van der Waals surface area contributed by atoms with E-state index >= 15 is 4.79 Å². The van der Waals surface area contributed by atoms with Crippen LogP contribution in [0.3, 0.4) is 0 Å². The van der Waals surface area contributed by atoms with E-state index < -0.39 is 149 Å². The lowest BCUT2D eigenvalue weighted by Crippen LogP contribution is -2.82. The SMILES string of the molecule is CC(=O)O[C@@]12CO[C@@H]1C[C@H](OC(=O)C(O)C(NC(=O)OC(C)(C)C)c1ccccc1)[C@@]1(C)C(=O)[C@H](O)C3=C(C)[C@@H](OC(=O)[C@H](O)[C@@H](NC(=O)c4ccccc4)c4ccccc4)C[C@@](O)([C@@H](OC(=O)c4ccccc4)C12)C3(C)C. The van der Waals surface area contributed by atoms with Crippen LogP contribution in [0.5, 0.6) is 0 Å². The van der Waals surface area contributed by atoms with Crippen molar-refractivity contribution in [3.63, 3.8) is 0 Å². The Bertz CT molecular complexity index is 2950. The van der Waals surface area contributed by atoms with Gasteiger partial charge < -0.3 is 59.5 Å². The number of ether oxygens (including phenoxy) is 6. The minimum absolute atomic E-state index is 0.0123. The fourth-order valence-corrected chi connectivity index (χ4v) is 11.9. The summed E-state index contributed by atoms with van der Waals surface area (Å²) < 4.78 is 36.6. The van der Waals surface area contributed by atoms with Crippen molar-refractivity contribution in [1.82, 2.24) is 10.6 Å². The van der Waals surface area contributed by atoms with Crippen molar-refractivity contribution in [3.05, 3.63) is 155 Å². The van der Waals surface area contributed by atoms with Gasteiger partial charge in [-0.3, -0.25) is 14.4 Å². The number of aliphatic hydroxyl groups excluding tert-OH is 3. The van der Waals surface area contributed by atoms with Crippen LogP contribution in [0.2, 0.25) is 0 Å². The second kappa shape index (κ2) is 21.9. The quantitative estimate of drug-likeness (QED) is 0.0528. The molecule has 4 aliphatic rings. The average molecular weight is 1080 g/mol. The van der Waals surface area contributed by atoms with Crippen molar-refractivity contribution in [2.45, 2.75) is 140 Å². The smallest absolute Gasteiger partial charge is 0.408 e. The number of Topliss-reactive ketones (excluding diaryl/α,β-unsaturated/α-hetero) is 1. The van der Waals surface area contributed by atoms with Crippen molar-refractivity contribution >= 4 is 41.7 Å². The fourth-order valence-electron chi connectivity index (χ4n) is 11.9. The predicted molar refractivity (Wildman–Crippen MR) is 277 cm³/mol. The third-order valence-electron chi connectivity index (χ3n) is 15.8. The number of aliphatic hydroxyl groups is 4. The summed E-state index contributed by atoms with van der Waals surface area (Å²) in [5, 5.41) is 55.9. The standard InChI is InChI=1S/C59H66N2O17/c1-32-38(74-52(69)45(64)42(34-21-13-9-14-22-34)60-50(67)36-25-17-11-18-26-36)30-59(72)49(76-51(68)37-27-19-12-20-28-37)47-57(8,48(66)44(63)41(32)56(59,6)7)39(29-40-58(47,31-73-40)77-33(2)62)75-53(70)46(65)43(35-23-15-10-16-24-35)61-54(71)78-55(3,4)5/h9-28,38-40,42-47,49,63-65,72H,29-31H2,1-8H3,(H,60,67)(H,61,71)/t38-,39-,40+,42-,43?,44+,45+,46?,47?,49-,57+,58-,59+/m0/s1. The molecule has 4 aromatic carbocycles. The normalized spacial score (nSPS) is 28.6. The van der Waals surface area contributed by atoms with Crippen LogP contribution >= 0.6 is 0 Å². The molecule has 1 aliphatic heterocycles. The van der Waals surface area contributed by atoms with E-state index in [1.807, 2.05) is 0 Å². The number of benzene rings is 4. The molecule has 3 fully saturated rings. The molecule has 19 heteroatoms. The first-order valence-electron chi connectivity index (χ1n) is 25.7. The Hall–Kier alpha value is -7.29. The number of carbonyl (C=O) groups excluding carboxylic acids is 7. The summed E-state index contributed by atoms with van der Waals surface area (Å²) in [6.45, 7) is 11.3. The van der Waals surface area contributed by atoms with Gasteiger partial charge in [0.15, 0.2) is 23.6 Å². The van der Waals surface area contributed by atoms with Crippen LogP contribution in [0.1, 0.15) is 112 Å². The number of rotatable bonds is 14. The Labute approximate surface area is 451 Å². The summed E-state index contributed by atoms with van der Waals surface area (Å²) in [7, 11) is 0. The van der Waals surface area contributed by atoms with Crippen molar-refractivity contribution in [2.24, 2.45) is 16.7 Å². The van der Waals surface area contributed by atoms with Gasteiger partial charge in [0.05, 0.1) is 35.6 Å². The Kier molecular flexibility index (Phi) is 15.9. The van der Waals surface area contributed by atoms with E-state index in [1.54, 1.807) is 130 Å². The van der Waals surface area contributed by atoms with Gasteiger partial charge in [0, 0.05) is 30.7 Å². The van der Waals surface area contributed by atoms with Crippen LogP contribution in [0.15, 0.2) is 132 Å². The first kappa shape index (κ1) is 56.9. The second-order valence-corrected chi connectivity index (χ2v) is 22.2. The third kappa shape index (κ3) is 10.6. The van der Waals surface area contributed by atoms with Crippen LogP contribution in [-0.4, -0.2) is 128 Å². The number of fused-ring (bicyclic) bond motifs is 5. The Balaban J connectivity index is 1.25. The van der Waals surface area contributed by atoms with E-state index in [0.717, 1.165) is 6.92 Å². The van der Waals surface area contributed by atoms with E-state index in [0.29, 0.717) is 5.56 Å². The van der Waals surface area contributed by atoms with Crippen molar-refractivity contribution < 1.29 is 82.4 Å². The third-order valence-corrected chi connectivity index (χ3v) is 15.8.